The van der Waals surface area contributed by atoms with E-state index < -0.39 is 12.2 Å². The molecule has 10 heteroatoms. The van der Waals surface area contributed by atoms with Crippen molar-refractivity contribution < 1.29 is 10.2 Å². The van der Waals surface area contributed by atoms with Crippen molar-refractivity contribution in [3.05, 3.63) is 33.4 Å². The van der Waals surface area contributed by atoms with Gasteiger partial charge in [-0.25, -0.2) is 9.59 Å². The standard InChI is InChI=1S/C27H48N4O4S2/c1-7-28-18-22(36)30(24(28)34)26(3,4)16-10-14-20(32)12-9-13-21(33)15-11-17-27(5,6)31-23(37)19-29(8-2)25(31)35/h18-21,32-33,36-37H,7-17H2,1-6H3. The Bertz CT molecular complexity index is 1030. The van der Waals surface area contributed by atoms with Gasteiger partial charge in [0.15, 0.2) is 0 Å². The van der Waals surface area contributed by atoms with Crippen LogP contribution in [-0.4, -0.2) is 40.7 Å². The lowest BCUT2D eigenvalue weighted by Crippen LogP contribution is -2.37. The fourth-order valence-electron chi connectivity index (χ4n) is 5.19. The second-order valence-corrected chi connectivity index (χ2v) is 12.3. The van der Waals surface area contributed by atoms with E-state index in [1.165, 1.54) is 0 Å². The molecule has 0 saturated carbocycles. The van der Waals surface area contributed by atoms with Gasteiger partial charge in [0.05, 0.1) is 22.3 Å². The highest BCUT2D eigenvalue weighted by Crippen LogP contribution is 2.27. The number of nitrogens with zero attached hydrogens (tertiary/aromatic N) is 4. The lowest BCUT2D eigenvalue weighted by atomic mass is 9.93. The zero-order valence-corrected chi connectivity index (χ0v) is 25.3. The molecular formula is C27H48N4O4S2. The van der Waals surface area contributed by atoms with Crippen molar-refractivity contribution in [3.8, 4) is 0 Å². The fourth-order valence-corrected chi connectivity index (χ4v) is 6.18. The minimum absolute atomic E-state index is 0.0482. The molecule has 2 aromatic rings. The highest BCUT2D eigenvalue weighted by molar-refractivity contribution is 7.80. The second-order valence-electron chi connectivity index (χ2n) is 11.4. The molecule has 0 radical (unpaired) electrons. The van der Waals surface area contributed by atoms with E-state index in [1.807, 2.05) is 41.5 Å². The van der Waals surface area contributed by atoms with Crippen molar-refractivity contribution in [2.75, 3.05) is 0 Å². The summed E-state index contributed by atoms with van der Waals surface area (Å²) >= 11 is 8.97. The molecule has 8 nitrogen and oxygen atoms in total. The number of aromatic nitrogens is 4. The van der Waals surface area contributed by atoms with Crippen LogP contribution >= 0.6 is 25.3 Å². The van der Waals surface area contributed by atoms with Gasteiger partial charge >= 0.3 is 11.4 Å². The van der Waals surface area contributed by atoms with Crippen molar-refractivity contribution >= 4 is 25.3 Å². The molecule has 2 heterocycles. The molecule has 0 bridgehead atoms. The topological polar surface area (TPSA) is 94.3 Å². The van der Waals surface area contributed by atoms with Gasteiger partial charge in [0.1, 0.15) is 0 Å². The molecule has 0 aromatic carbocycles. The van der Waals surface area contributed by atoms with Crippen molar-refractivity contribution in [2.45, 2.75) is 146 Å². The number of aliphatic hydroxyl groups excluding tert-OH is 2. The second kappa shape index (κ2) is 13.6. The summed E-state index contributed by atoms with van der Waals surface area (Å²) in [6.07, 6.45) is 9.22. The predicted molar refractivity (Wildman–Crippen MR) is 155 cm³/mol. The third-order valence-corrected chi connectivity index (χ3v) is 8.12. The molecule has 0 spiro atoms. The average molecular weight is 557 g/mol. The summed E-state index contributed by atoms with van der Waals surface area (Å²) in [5, 5.41) is 22.2. The van der Waals surface area contributed by atoms with Gasteiger partial charge in [0, 0.05) is 36.6 Å². The maximum absolute atomic E-state index is 12.6. The SMILES string of the molecule is CCn1cc(S)n(C(C)(C)CCCC(O)CCCC(O)CCCC(C)(C)n2c(S)cn(CC)c2=O)c1=O. The number of thiol groups is 2. The summed E-state index contributed by atoms with van der Waals surface area (Å²) in [5.74, 6) is 0. The molecule has 2 rings (SSSR count). The minimum atomic E-state index is -0.419. The summed E-state index contributed by atoms with van der Waals surface area (Å²) in [6.45, 7) is 13.2. The van der Waals surface area contributed by atoms with Crippen LogP contribution in [0.15, 0.2) is 32.0 Å². The first-order valence-electron chi connectivity index (χ1n) is 13.6. The normalized spacial score (nSPS) is 14.3. The molecule has 37 heavy (non-hydrogen) atoms. The summed E-state index contributed by atoms with van der Waals surface area (Å²) in [6, 6.07) is 0. The maximum atomic E-state index is 12.6. The zero-order chi connectivity index (χ0) is 28.0. The van der Waals surface area contributed by atoms with Gasteiger partial charge in [-0.15, -0.1) is 25.3 Å². The molecule has 2 N–H and O–H groups in total. The lowest BCUT2D eigenvalue weighted by molar-refractivity contribution is 0.116. The van der Waals surface area contributed by atoms with Gasteiger partial charge < -0.3 is 10.2 Å². The van der Waals surface area contributed by atoms with Crippen LogP contribution in [0.3, 0.4) is 0 Å². The van der Waals surface area contributed by atoms with E-state index in [0.717, 1.165) is 32.1 Å². The summed E-state index contributed by atoms with van der Waals surface area (Å²) in [7, 11) is 0. The highest BCUT2D eigenvalue weighted by Gasteiger charge is 2.27. The Morgan fingerprint density at radius 3 is 1.32 bits per heavy atom. The van der Waals surface area contributed by atoms with Gasteiger partial charge in [0.2, 0.25) is 0 Å². The zero-order valence-electron chi connectivity index (χ0n) is 23.5. The van der Waals surface area contributed by atoms with Crippen molar-refractivity contribution in [1.29, 1.82) is 0 Å². The molecule has 0 aliphatic carbocycles. The molecule has 212 valence electrons. The van der Waals surface area contributed by atoms with E-state index in [1.54, 1.807) is 30.7 Å². The number of rotatable bonds is 16. The Kier molecular flexibility index (Phi) is 11.7. The molecule has 0 fully saturated rings. The Balaban J connectivity index is 1.71. The summed E-state index contributed by atoms with van der Waals surface area (Å²) < 4.78 is 6.78. The number of hydrogen-bond donors (Lipinski definition) is 4. The van der Waals surface area contributed by atoms with Crippen molar-refractivity contribution in [2.24, 2.45) is 0 Å². The van der Waals surface area contributed by atoms with E-state index in [0.29, 0.717) is 48.8 Å². The minimum Gasteiger partial charge on any atom is -0.393 e. The van der Waals surface area contributed by atoms with Crippen LogP contribution in [0.25, 0.3) is 0 Å². The third kappa shape index (κ3) is 8.31. The Labute approximate surface area is 232 Å². The fraction of sp³-hybridized carbons (Fsp3) is 0.778. The van der Waals surface area contributed by atoms with Crippen LogP contribution in [0.5, 0.6) is 0 Å². The van der Waals surface area contributed by atoms with Crippen LogP contribution in [0.4, 0.5) is 0 Å². The van der Waals surface area contributed by atoms with E-state index in [-0.39, 0.29) is 22.5 Å². The quantitative estimate of drug-likeness (QED) is 0.227. The predicted octanol–water partition coefficient (Wildman–Crippen LogP) is 4.63. The van der Waals surface area contributed by atoms with E-state index >= 15 is 0 Å². The third-order valence-electron chi connectivity index (χ3n) is 7.49. The molecule has 2 atom stereocenters. The monoisotopic (exact) mass is 556 g/mol. The summed E-state index contributed by atoms with van der Waals surface area (Å²) in [5.41, 5.74) is -0.854. The van der Waals surface area contributed by atoms with Gasteiger partial charge in [-0.05, 0) is 99.3 Å². The maximum Gasteiger partial charge on any atom is 0.329 e. The molecule has 0 aliphatic heterocycles. The number of hydrogen-bond acceptors (Lipinski definition) is 6. The average Bonchev–Trinajstić information content (AvgIpc) is 3.27. The van der Waals surface area contributed by atoms with Gasteiger partial charge in [-0.3, -0.25) is 18.3 Å². The van der Waals surface area contributed by atoms with Crippen LogP contribution < -0.4 is 11.4 Å². The van der Waals surface area contributed by atoms with Gasteiger partial charge in [-0.2, -0.15) is 0 Å². The van der Waals surface area contributed by atoms with Gasteiger partial charge in [0.25, 0.3) is 0 Å². The molecule has 2 aromatic heterocycles. The smallest absolute Gasteiger partial charge is 0.329 e. The first kappa shape index (κ1) is 31.9. The van der Waals surface area contributed by atoms with Crippen LogP contribution in [0.2, 0.25) is 0 Å². The van der Waals surface area contributed by atoms with Crippen molar-refractivity contribution in [1.82, 2.24) is 18.3 Å². The molecular weight excluding hydrogens is 508 g/mol. The molecule has 0 amide bonds. The van der Waals surface area contributed by atoms with E-state index in [2.05, 4.69) is 25.3 Å². The lowest BCUT2D eigenvalue weighted by Gasteiger charge is -2.27. The molecule has 0 saturated heterocycles. The van der Waals surface area contributed by atoms with E-state index in [4.69, 9.17) is 0 Å². The van der Waals surface area contributed by atoms with Crippen LogP contribution in [-0.2, 0) is 24.2 Å². The number of imidazole rings is 2. The van der Waals surface area contributed by atoms with E-state index in [9.17, 15) is 19.8 Å². The number of aliphatic hydroxyl groups is 2. The summed E-state index contributed by atoms with van der Waals surface area (Å²) in [4.78, 5) is 25.2. The Morgan fingerprint density at radius 2 is 1.03 bits per heavy atom. The highest BCUT2D eigenvalue weighted by atomic mass is 32.1. The molecule has 2 unspecified atom stereocenters. The number of aryl methyl sites for hydroxylation is 2. The molecule has 0 aliphatic rings. The Hall–Kier alpha value is -1.36. The first-order valence-corrected chi connectivity index (χ1v) is 14.5. The van der Waals surface area contributed by atoms with Crippen LogP contribution in [0.1, 0.15) is 99.3 Å². The Morgan fingerprint density at radius 1 is 0.703 bits per heavy atom. The van der Waals surface area contributed by atoms with Gasteiger partial charge in [-0.1, -0.05) is 0 Å². The first-order chi connectivity index (χ1) is 17.2. The van der Waals surface area contributed by atoms with Crippen LogP contribution in [0, 0.1) is 0 Å². The van der Waals surface area contributed by atoms with Crippen molar-refractivity contribution in [3.63, 3.8) is 0 Å². The largest absolute Gasteiger partial charge is 0.393 e.